The van der Waals surface area contributed by atoms with Crippen molar-refractivity contribution in [2.75, 3.05) is 0 Å². The molecule has 12 atom stereocenters. The Bertz CT molecular complexity index is 941. The van der Waals surface area contributed by atoms with Crippen molar-refractivity contribution in [3.05, 3.63) is 11.6 Å². The highest BCUT2D eigenvalue weighted by atomic mass is 16.4. The van der Waals surface area contributed by atoms with Crippen LogP contribution in [0.4, 0.5) is 0 Å². The van der Waals surface area contributed by atoms with Gasteiger partial charge in [-0.05, 0) is 96.2 Å². The van der Waals surface area contributed by atoms with Gasteiger partial charge in [0.2, 0.25) is 0 Å². The van der Waals surface area contributed by atoms with Crippen LogP contribution in [0.3, 0.4) is 0 Å². The number of fused-ring (bicyclic) bond motifs is 7. The fraction of sp³-hybridized carbons (Fsp3) is 0.900. The molecule has 0 spiro atoms. The molecule has 0 radical (unpaired) electrons. The van der Waals surface area contributed by atoms with E-state index in [1.165, 1.54) is 5.57 Å². The number of aliphatic hydroxyl groups is 3. The highest BCUT2D eigenvalue weighted by molar-refractivity contribution is 5.76. The Kier molecular flexibility index (Phi) is 5.56. The summed E-state index contributed by atoms with van der Waals surface area (Å²) in [5.41, 5.74) is -0.625. The van der Waals surface area contributed by atoms with E-state index in [9.17, 15) is 25.2 Å². The summed E-state index contributed by atoms with van der Waals surface area (Å²) in [6.45, 7) is 15.5. The van der Waals surface area contributed by atoms with E-state index in [1.807, 2.05) is 13.8 Å². The lowest BCUT2D eigenvalue weighted by Crippen LogP contribution is -2.70. The molecule has 5 aliphatic rings. The first-order valence-electron chi connectivity index (χ1n) is 14.1. The second kappa shape index (κ2) is 7.57. The largest absolute Gasteiger partial charge is 0.481 e. The van der Waals surface area contributed by atoms with Gasteiger partial charge in [-0.2, -0.15) is 0 Å². The summed E-state index contributed by atoms with van der Waals surface area (Å²) in [7, 11) is 0. The van der Waals surface area contributed by atoms with E-state index in [2.05, 4.69) is 40.7 Å². The molecule has 0 aromatic rings. The Hall–Kier alpha value is -0.910. The number of hydrogen-bond donors (Lipinski definition) is 4. The maximum Gasteiger partial charge on any atom is 0.310 e. The molecule has 0 saturated heterocycles. The summed E-state index contributed by atoms with van der Waals surface area (Å²) in [5.74, 6) is 0.383. The van der Waals surface area contributed by atoms with Crippen molar-refractivity contribution >= 4 is 5.97 Å². The maximum atomic E-state index is 12.8. The number of rotatable bonds is 1. The third-order valence-corrected chi connectivity index (χ3v) is 13.2. The van der Waals surface area contributed by atoms with E-state index in [0.717, 1.165) is 25.7 Å². The van der Waals surface area contributed by atoms with Crippen LogP contribution < -0.4 is 0 Å². The zero-order valence-electron chi connectivity index (χ0n) is 22.8. The van der Waals surface area contributed by atoms with Crippen molar-refractivity contribution in [2.45, 2.75) is 112 Å². The van der Waals surface area contributed by atoms with Crippen LogP contribution in [0.15, 0.2) is 11.6 Å². The molecule has 0 aromatic carbocycles. The van der Waals surface area contributed by atoms with Crippen LogP contribution in [-0.4, -0.2) is 44.7 Å². The number of allylic oxidation sites excluding steroid dienone is 2. The fourth-order valence-electron chi connectivity index (χ4n) is 11.2. The molecule has 5 heteroatoms. The molecule has 5 nitrogen and oxygen atoms in total. The first kappa shape index (κ1) is 25.7. The van der Waals surface area contributed by atoms with Crippen LogP contribution in [0.1, 0.15) is 93.4 Å². The van der Waals surface area contributed by atoms with Gasteiger partial charge in [-0.25, -0.2) is 0 Å². The van der Waals surface area contributed by atoms with Gasteiger partial charge in [0.25, 0.3) is 0 Å². The fourth-order valence-corrected chi connectivity index (χ4v) is 11.2. The molecule has 4 saturated carbocycles. The molecule has 4 N–H and O–H groups in total. The van der Waals surface area contributed by atoms with E-state index in [0.29, 0.717) is 31.1 Å². The zero-order valence-corrected chi connectivity index (χ0v) is 22.8. The van der Waals surface area contributed by atoms with Gasteiger partial charge in [-0.1, -0.05) is 60.1 Å². The van der Waals surface area contributed by atoms with Crippen molar-refractivity contribution in [3.8, 4) is 0 Å². The molecule has 198 valence electrons. The summed E-state index contributed by atoms with van der Waals surface area (Å²) in [6, 6.07) is 0. The smallest absolute Gasteiger partial charge is 0.310 e. The van der Waals surface area contributed by atoms with Crippen LogP contribution in [0.25, 0.3) is 0 Å². The topological polar surface area (TPSA) is 98.0 Å². The molecule has 5 rings (SSSR count). The second-order valence-electron chi connectivity index (χ2n) is 14.8. The standard InChI is InChI=1S/C30H48O5/c1-16-10-11-30(25(34)35)13-12-28(6)18(22(30)17(16)2)8-9-21-27(5)14-20(32)24(33)26(3,4)23(27)19(31)15-29(21,28)7/h8,16-17,19-24,31-33H,9-15H2,1-7H3,(H,34,35)/t16?,17-,19+,20?,21?,22-,23?,24-,27+,28?,29+,30-/m0/s1. The van der Waals surface area contributed by atoms with Gasteiger partial charge in [0, 0.05) is 0 Å². The van der Waals surface area contributed by atoms with Gasteiger partial charge in [0.05, 0.1) is 23.7 Å². The Labute approximate surface area is 211 Å². The predicted octanol–water partition coefficient (Wildman–Crippen LogP) is 5.03. The first-order valence-corrected chi connectivity index (χ1v) is 14.1. The van der Waals surface area contributed by atoms with Crippen LogP contribution >= 0.6 is 0 Å². The zero-order chi connectivity index (χ0) is 25.9. The maximum absolute atomic E-state index is 12.8. The van der Waals surface area contributed by atoms with Crippen molar-refractivity contribution in [2.24, 2.45) is 56.7 Å². The third-order valence-electron chi connectivity index (χ3n) is 13.2. The number of aliphatic carboxylic acids is 1. The minimum atomic E-state index is -0.847. The number of carboxylic acids is 1. The second-order valence-corrected chi connectivity index (χ2v) is 14.8. The molecule has 5 aliphatic carbocycles. The average Bonchev–Trinajstić information content (AvgIpc) is 2.74. The molecule has 4 fully saturated rings. The van der Waals surface area contributed by atoms with Crippen LogP contribution in [0, 0.1) is 56.7 Å². The van der Waals surface area contributed by atoms with Crippen molar-refractivity contribution in [3.63, 3.8) is 0 Å². The Balaban J connectivity index is 1.65. The normalized spacial score (nSPS) is 57.1. The van der Waals surface area contributed by atoms with Gasteiger partial charge in [-0.15, -0.1) is 0 Å². The predicted molar refractivity (Wildman–Crippen MR) is 135 cm³/mol. The average molecular weight is 489 g/mol. The lowest BCUT2D eigenvalue weighted by Gasteiger charge is -2.72. The lowest BCUT2D eigenvalue weighted by molar-refractivity contribution is -0.263. The summed E-state index contributed by atoms with van der Waals surface area (Å²) < 4.78 is 0. The highest BCUT2D eigenvalue weighted by Crippen LogP contribution is 2.75. The molecular formula is C30H48O5. The van der Waals surface area contributed by atoms with E-state index in [1.54, 1.807) is 0 Å². The molecule has 0 amide bonds. The molecule has 0 bridgehead atoms. The molecule has 0 aromatic heterocycles. The molecular weight excluding hydrogens is 440 g/mol. The minimum Gasteiger partial charge on any atom is -0.481 e. The van der Waals surface area contributed by atoms with E-state index < -0.39 is 35.1 Å². The van der Waals surface area contributed by atoms with E-state index in [4.69, 9.17) is 0 Å². The van der Waals surface area contributed by atoms with Crippen LogP contribution in [0.5, 0.6) is 0 Å². The van der Waals surface area contributed by atoms with Crippen LogP contribution in [-0.2, 0) is 4.79 Å². The number of aliphatic hydroxyl groups excluding tert-OH is 3. The first-order chi connectivity index (χ1) is 16.1. The Morgan fingerprint density at radius 2 is 1.60 bits per heavy atom. The lowest BCUT2D eigenvalue weighted by atomic mass is 9.32. The van der Waals surface area contributed by atoms with Gasteiger partial charge in [-0.3, -0.25) is 4.79 Å². The Morgan fingerprint density at radius 3 is 2.23 bits per heavy atom. The molecule has 5 unspecified atom stereocenters. The summed E-state index contributed by atoms with van der Waals surface area (Å²) in [5, 5.41) is 44.2. The number of carboxylic acid groups (broad SMARTS) is 1. The molecule has 0 aliphatic heterocycles. The summed E-state index contributed by atoms with van der Waals surface area (Å²) in [6.07, 6.45) is 5.46. The third kappa shape index (κ3) is 2.95. The van der Waals surface area contributed by atoms with Crippen LogP contribution in [0.2, 0.25) is 0 Å². The molecule has 0 heterocycles. The SMILES string of the molecule is CC1CC[C@]2(C(=O)O)CCC3(C)C(=CCC4[C@@]5(C)CC(O)[C@H](O)C(C)(C)C5[C@H](O)C[C@]43C)[C@@H]2[C@H]1C. The number of hydrogen-bond acceptors (Lipinski definition) is 4. The Morgan fingerprint density at radius 1 is 0.943 bits per heavy atom. The van der Waals surface area contributed by atoms with Gasteiger partial charge in [0.1, 0.15) is 0 Å². The van der Waals surface area contributed by atoms with Crippen molar-refractivity contribution in [1.82, 2.24) is 0 Å². The summed E-state index contributed by atoms with van der Waals surface area (Å²) in [4.78, 5) is 12.8. The van der Waals surface area contributed by atoms with Gasteiger partial charge in [0.15, 0.2) is 0 Å². The summed E-state index contributed by atoms with van der Waals surface area (Å²) >= 11 is 0. The quantitative estimate of drug-likeness (QED) is 0.388. The monoisotopic (exact) mass is 488 g/mol. The van der Waals surface area contributed by atoms with Crippen molar-refractivity contribution in [1.29, 1.82) is 0 Å². The highest BCUT2D eigenvalue weighted by Gasteiger charge is 2.72. The van der Waals surface area contributed by atoms with Gasteiger partial charge < -0.3 is 20.4 Å². The number of carbonyl (C=O) groups is 1. The van der Waals surface area contributed by atoms with E-state index in [-0.39, 0.29) is 34.0 Å². The minimum absolute atomic E-state index is 0.0400. The van der Waals surface area contributed by atoms with Gasteiger partial charge >= 0.3 is 5.97 Å². The molecule has 35 heavy (non-hydrogen) atoms. The van der Waals surface area contributed by atoms with Crippen molar-refractivity contribution < 1.29 is 25.2 Å². The van der Waals surface area contributed by atoms with E-state index >= 15 is 0 Å².